The van der Waals surface area contributed by atoms with Crippen molar-refractivity contribution < 1.29 is 0 Å². The molecule has 94 valence electrons. The van der Waals surface area contributed by atoms with Crippen molar-refractivity contribution >= 4 is 11.6 Å². The number of hydrogen-bond acceptors (Lipinski definition) is 4. The van der Waals surface area contributed by atoms with Crippen molar-refractivity contribution in [3.8, 4) is 0 Å². The Hall–Kier alpha value is -1.32. The molecule has 1 heterocycles. The molecule has 2 N–H and O–H groups in total. The fraction of sp³-hybridized carbons (Fsp3) is 0.692. The number of nitrogens with one attached hydrogen (secondary N) is 2. The van der Waals surface area contributed by atoms with E-state index in [-0.39, 0.29) is 0 Å². The summed E-state index contributed by atoms with van der Waals surface area (Å²) in [6.45, 7) is 4.40. The molecule has 17 heavy (non-hydrogen) atoms. The molecule has 4 heteroatoms. The van der Waals surface area contributed by atoms with E-state index in [0.717, 1.165) is 30.3 Å². The SMILES string of the molecule is CCC(CC)Nc1cc(NC)nc(C2CC2)n1. The number of aromatic nitrogens is 2. The van der Waals surface area contributed by atoms with Gasteiger partial charge in [-0.15, -0.1) is 0 Å². The van der Waals surface area contributed by atoms with Crippen molar-refractivity contribution in [3.05, 3.63) is 11.9 Å². The van der Waals surface area contributed by atoms with Gasteiger partial charge in [-0.05, 0) is 25.7 Å². The zero-order valence-electron chi connectivity index (χ0n) is 11.0. The smallest absolute Gasteiger partial charge is 0.136 e. The van der Waals surface area contributed by atoms with E-state index in [1.54, 1.807) is 0 Å². The molecule has 0 saturated heterocycles. The number of nitrogens with zero attached hydrogens (tertiary/aromatic N) is 2. The quantitative estimate of drug-likeness (QED) is 0.794. The lowest BCUT2D eigenvalue weighted by atomic mass is 10.2. The van der Waals surface area contributed by atoms with E-state index in [9.17, 15) is 0 Å². The largest absolute Gasteiger partial charge is 0.373 e. The lowest BCUT2D eigenvalue weighted by molar-refractivity contribution is 0.667. The topological polar surface area (TPSA) is 49.8 Å². The molecular formula is C13H22N4. The highest BCUT2D eigenvalue weighted by Gasteiger charge is 2.27. The average Bonchev–Trinajstić information content (AvgIpc) is 3.19. The molecule has 1 aromatic heterocycles. The van der Waals surface area contributed by atoms with Crippen LogP contribution < -0.4 is 10.6 Å². The van der Waals surface area contributed by atoms with E-state index in [2.05, 4.69) is 34.4 Å². The minimum Gasteiger partial charge on any atom is -0.373 e. The van der Waals surface area contributed by atoms with Crippen molar-refractivity contribution in [1.29, 1.82) is 0 Å². The molecular weight excluding hydrogens is 212 g/mol. The Morgan fingerprint density at radius 1 is 1.24 bits per heavy atom. The zero-order valence-corrected chi connectivity index (χ0v) is 11.0. The Labute approximate surface area is 103 Å². The zero-order chi connectivity index (χ0) is 12.3. The molecule has 4 nitrogen and oxygen atoms in total. The van der Waals surface area contributed by atoms with Gasteiger partial charge in [0, 0.05) is 25.1 Å². The summed E-state index contributed by atoms with van der Waals surface area (Å²) in [6, 6.07) is 2.49. The first-order chi connectivity index (χ1) is 8.26. The van der Waals surface area contributed by atoms with Crippen LogP contribution in [0.15, 0.2) is 6.07 Å². The third-order valence-corrected chi connectivity index (χ3v) is 3.28. The number of rotatable bonds is 6. The van der Waals surface area contributed by atoms with Gasteiger partial charge in [-0.2, -0.15) is 0 Å². The minimum absolute atomic E-state index is 0.502. The van der Waals surface area contributed by atoms with Gasteiger partial charge in [-0.1, -0.05) is 13.8 Å². The molecule has 1 aliphatic carbocycles. The van der Waals surface area contributed by atoms with Gasteiger partial charge in [-0.3, -0.25) is 0 Å². The third kappa shape index (κ3) is 3.08. The lowest BCUT2D eigenvalue weighted by Crippen LogP contribution is -2.18. The van der Waals surface area contributed by atoms with Crippen LogP contribution in [-0.4, -0.2) is 23.1 Å². The van der Waals surface area contributed by atoms with Gasteiger partial charge in [-0.25, -0.2) is 9.97 Å². The van der Waals surface area contributed by atoms with Crippen molar-refractivity contribution in [1.82, 2.24) is 9.97 Å². The summed E-state index contributed by atoms with van der Waals surface area (Å²) in [5.74, 6) is 3.45. The Bertz CT molecular complexity index is 370. The monoisotopic (exact) mass is 234 g/mol. The normalized spacial score (nSPS) is 15.1. The first-order valence-electron chi connectivity index (χ1n) is 6.60. The molecule has 1 fully saturated rings. The van der Waals surface area contributed by atoms with E-state index in [1.807, 2.05) is 13.1 Å². The van der Waals surface area contributed by atoms with Crippen LogP contribution in [0, 0.1) is 0 Å². The fourth-order valence-electron chi connectivity index (χ4n) is 1.89. The molecule has 1 aromatic rings. The maximum absolute atomic E-state index is 4.62. The van der Waals surface area contributed by atoms with E-state index in [1.165, 1.54) is 12.8 Å². The predicted octanol–water partition coefficient (Wildman–Crippen LogP) is 3.00. The Balaban J connectivity index is 2.16. The summed E-state index contributed by atoms with van der Waals surface area (Å²) in [7, 11) is 1.90. The van der Waals surface area contributed by atoms with Gasteiger partial charge >= 0.3 is 0 Å². The maximum atomic E-state index is 4.62. The summed E-state index contributed by atoms with van der Waals surface area (Å²) in [4.78, 5) is 9.13. The Morgan fingerprint density at radius 3 is 2.41 bits per heavy atom. The second-order valence-corrected chi connectivity index (χ2v) is 4.68. The van der Waals surface area contributed by atoms with Crippen LogP contribution in [0.1, 0.15) is 51.3 Å². The molecule has 0 atom stereocenters. The van der Waals surface area contributed by atoms with Crippen molar-refractivity contribution in [2.45, 2.75) is 51.5 Å². The number of anilines is 2. The van der Waals surface area contributed by atoms with Crippen molar-refractivity contribution in [3.63, 3.8) is 0 Å². The summed E-state index contributed by atoms with van der Waals surface area (Å²) in [5.41, 5.74) is 0. The molecule has 0 unspecified atom stereocenters. The lowest BCUT2D eigenvalue weighted by Gasteiger charge is -2.16. The van der Waals surface area contributed by atoms with Crippen LogP contribution in [0.4, 0.5) is 11.6 Å². The molecule has 1 saturated carbocycles. The van der Waals surface area contributed by atoms with Gasteiger partial charge in [0.05, 0.1) is 0 Å². The van der Waals surface area contributed by atoms with Gasteiger partial charge in [0.15, 0.2) is 0 Å². The fourth-order valence-corrected chi connectivity index (χ4v) is 1.89. The molecule has 0 aliphatic heterocycles. The minimum atomic E-state index is 0.502. The van der Waals surface area contributed by atoms with Crippen LogP contribution in [0.3, 0.4) is 0 Å². The van der Waals surface area contributed by atoms with Crippen molar-refractivity contribution in [2.24, 2.45) is 0 Å². The Morgan fingerprint density at radius 2 is 1.88 bits per heavy atom. The second-order valence-electron chi connectivity index (χ2n) is 4.68. The molecule has 0 spiro atoms. The van der Waals surface area contributed by atoms with Gasteiger partial charge in [0.25, 0.3) is 0 Å². The summed E-state index contributed by atoms with van der Waals surface area (Å²) in [5, 5.41) is 6.59. The van der Waals surface area contributed by atoms with Gasteiger partial charge in [0.1, 0.15) is 17.5 Å². The van der Waals surface area contributed by atoms with Gasteiger partial charge in [0.2, 0.25) is 0 Å². The highest BCUT2D eigenvalue weighted by atomic mass is 15.1. The standard InChI is InChI=1S/C13H22N4/c1-4-10(5-2)15-12-8-11(14-3)16-13(17-12)9-6-7-9/h8-10H,4-7H2,1-3H3,(H2,14,15,16,17). The molecule has 2 rings (SSSR count). The predicted molar refractivity (Wildman–Crippen MR) is 71.5 cm³/mol. The third-order valence-electron chi connectivity index (χ3n) is 3.28. The van der Waals surface area contributed by atoms with Crippen LogP contribution in [0.25, 0.3) is 0 Å². The summed E-state index contributed by atoms with van der Waals surface area (Å²) in [6.07, 6.45) is 4.71. The molecule has 0 aromatic carbocycles. The molecule has 0 amide bonds. The summed E-state index contributed by atoms with van der Waals surface area (Å²) < 4.78 is 0. The molecule has 0 bridgehead atoms. The van der Waals surface area contributed by atoms with E-state index < -0.39 is 0 Å². The number of hydrogen-bond donors (Lipinski definition) is 2. The van der Waals surface area contributed by atoms with Crippen LogP contribution in [0.2, 0.25) is 0 Å². The van der Waals surface area contributed by atoms with Crippen LogP contribution in [0.5, 0.6) is 0 Å². The van der Waals surface area contributed by atoms with Crippen LogP contribution in [-0.2, 0) is 0 Å². The van der Waals surface area contributed by atoms with E-state index >= 15 is 0 Å². The first-order valence-corrected chi connectivity index (χ1v) is 6.60. The second kappa shape index (κ2) is 5.34. The highest BCUT2D eigenvalue weighted by Crippen LogP contribution is 2.38. The van der Waals surface area contributed by atoms with E-state index in [0.29, 0.717) is 12.0 Å². The first kappa shape index (κ1) is 12.1. The molecule has 1 aliphatic rings. The highest BCUT2D eigenvalue weighted by molar-refractivity contribution is 5.48. The molecule has 0 radical (unpaired) electrons. The van der Waals surface area contributed by atoms with Gasteiger partial charge < -0.3 is 10.6 Å². The van der Waals surface area contributed by atoms with Crippen LogP contribution >= 0.6 is 0 Å². The summed E-state index contributed by atoms with van der Waals surface area (Å²) >= 11 is 0. The maximum Gasteiger partial charge on any atom is 0.136 e. The van der Waals surface area contributed by atoms with E-state index in [4.69, 9.17) is 0 Å². The Kier molecular flexibility index (Phi) is 3.82. The van der Waals surface area contributed by atoms with Crippen molar-refractivity contribution in [2.75, 3.05) is 17.7 Å². The average molecular weight is 234 g/mol.